The number of allylic oxidation sites excluding steroid dienone is 3. The van der Waals surface area contributed by atoms with E-state index in [4.69, 9.17) is 0 Å². The Morgan fingerprint density at radius 1 is 1.06 bits per heavy atom. The summed E-state index contributed by atoms with van der Waals surface area (Å²) in [7, 11) is 0. The fourth-order valence-corrected chi connectivity index (χ4v) is 4.38. The third-order valence-electron chi connectivity index (χ3n) is 5.80. The summed E-state index contributed by atoms with van der Waals surface area (Å²) in [6.45, 7) is 0. The Labute approximate surface area is 181 Å². The van der Waals surface area contributed by atoms with E-state index in [1.54, 1.807) is 12.4 Å². The summed E-state index contributed by atoms with van der Waals surface area (Å²) < 4.78 is 0. The Morgan fingerprint density at radius 2 is 1.94 bits per heavy atom. The van der Waals surface area contributed by atoms with Crippen LogP contribution in [-0.2, 0) is 0 Å². The van der Waals surface area contributed by atoms with Crippen molar-refractivity contribution >= 4 is 11.9 Å². The molecule has 2 unspecified atom stereocenters. The third kappa shape index (κ3) is 3.57. The SMILES string of the molecule is OC(C#Cc1cccnc1)(C1=C=CC=C1)C(C1=C=CC=C1)[C@H]1CC=Nc2ccccc21. The van der Waals surface area contributed by atoms with Crippen LogP contribution >= 0.6 is 0 Å². The zero-order valence-corrected chi connectivity index (χ0v) is 16.9. The lowest BCUT2D eigenvalue weighted by atomic mass is 9.67. The van der Waals surface area contributed by atoms with E-state index in [0.717, 1.165) is 22.4 Å². The number of aromatic nitrogens is 1. The molecule has 3 atom stereocenters. The third-order valence-corrected chi connectivity index (χ3v) is 5.80. The van der Waals surface area contributed by atoms with Crippen LogP contribution < -0.4 is 0 Å². The van der Waals surface area contributed by atoms with Crippen LogP contribution in [0.4, 0.5) is 5.69 Å². The lowest BCUT2D eigenvalue weighted by Gasteiger charge is -2.38. The van der Waals surface area contributed by atoms with Crippen molar-refractivity contribution in [2.24, 2.45) is 10.9 Å². The van der Waals surface area contributed by atoms with E-state index in [1.165, 1.54) is 0 Å². The van der Waals surface area contributed by atoms with Crippen LogP contribution in [0.1, 0.15) is 23.5 Å². The lowest BCUT2D eigenvalue weighted by Crippen LogP contribution is -2.42. The maximum absolute atomic E-state index is 12.3. The van der Waals surface area contributed by atoms with Gasteiger partial charge in [-0.2, -0.15) is 0 Å². The molecule has 3 heteroatoms. The van der Waals surface area contributed by atoms with Crippen molar-refractivity contribution < 1.29 is 5.11 Å². The van der Waals surface area contributed by atoms with Gasteiger partial charge in [0, 0.05) is 47.2 Å². The molecule has 1 aromatic heterocycles. The molecule has 3 aliphatic rings. The number of benzene rings is 1. The summed E-state index contributed by atoms with van der Waals surface area (Å²) >= 11 is 0. The number of nitrogens with zero attached hydrogens (tertiary/aromatic N) is 2. The fourth-order valence-electron chi connectivity index (χ4n) is 4.38. The molecule has 2 heterocycles. The van der Waals surface area contributed by atoms with Crippen molar-refractivity contribution in [3.8, 4) is 11.8 Å². The largest absolute Gasteiger partial charge is 0.372 e. The summed E-state index contributed by atoms with van der Waals surface area (Å²) in [4.78, 5) is 8.72. The van der Waals surface area contributed by atoms with Gasteiger partial charge in [-0.25, -0.2) is 0 Å². The average molecular weight is 400 g/mol. The topological polar surface area (TPSA) is 45.5 Å². The van der Waals surface area contributed by atoms with E-state index < -0.39 is 5.60 Å². The standard InChI is InChI=1S/C28H20N2O/c31-28(23-11-3-4-12-23,17-15-21-8-7-18-29-20-21)27(22-9-1-2-10-22)25-16-19-30-26-14-6-5-13-24(25)26/h1-9,11,13-14,18-20,25,27,31H,16H2/t25-,27?,28?/m0/s1. The molecule has 2 aliphatic carbocycles. The molecular weight excluding hydrogens is 380 g/mol. The number of aliphatic imine (C=N–C) groups is 1. The number of pyridine rings is 1. The van der Waals surface area contributed by atoms with Crippen molar-refractivity contribution in [2.45, 2.75) is 17.9 Å². The van der Waals surface area contributed by atoms with Gasteiger partial charge in [-0.05, 0) is 48.4 Å². The van der Waals surface area contributed by atoms with Gasteiger partial charge < -0.3 is 5.11 Å². The van der Waals surface area contributed by atoms with Gasteiger partial charge in [0.15, 0.2) is 5.60 Å². The molecule has 2 aromatic rings. The first-order chi connectivity index (χ1) is 15.3. The molecule has 1 aliphatic heterocycles. The minimum atomic E-state index is -1.47. The zero-order chi connectivity index (χ0) is 21.1. The van der Waals surface area contributed by atoms with Crippen LogP contribution in [0, 0.1) is 17.8 Å². The highest BCUT2D eigenvalue weighted by Gasteiger charge is 2.46. The van der Waals surface area contributed by atoms with Crippen LogP contribution in [0.25, 0.3) is 0 Å². The lowest BCUT2D eigenvalue weighted by molar-refractivity contribution is 0.0822. The maximum Gasteiger partial charge on any atom is 0.166 e. The summed E-state index contributed by atoms with van der Waals surface area (Å²) in [6.07, 6.45) is 17.5. The molecular formula is C28H20N2O. The van der Waals surface area contributed by atoms with Crippen LogP contribution in [0.5, 0.6) is 0 Å². The van der Waals surface area contributed by atoms with Crippen LogP contribution in [0.3, 0.4) is 0 Å². The van der Waals surface area contributed by atoms with Crippen molar-refractivity contribution in [1.82, 2.24) is 4.98 Å². The van der Waals surface area contributed by atoms with Crippen LogP contribution in [0.2, 0.25) is 0 Å². The second kappa shape index (κ2) is 8.07. The fraction of sp³-hybridized carbons (Fsp3) is 0.143. The number of hydrogen-bond donors (Lipinski definition) is 1. The van der Waals surface area contributed by atoms with Crippen LogP contribution in [-0.4, -0.2) is 21.9 Å². The van der Waals surface area contributed by atoms with Gasteiger partial charge >= 0.3 is 0 Å². The predicted molar refractivity (Wildman–Crippen MR) is 123 cm³/mol. The molecule has 0 spiro atoms. The Morgan fingerprint density at radius 3 is 2.71 bits per heavy atom. The minimum absolute atomic E-state index is 0.0103. The molecule has 0 saturated heterocycles. The second-order valence-corrected chi connectivity index (χ2v) is 7.66. The molecule has 1 N–H and O–H groups in total. The maximum atomic E-state index is 12.3. The van der Waals surface area contributed by atoms with Crippen LogP contribution in [0.15, 0.2) is 113 Å². The number of hydrogen-bond acceptors (Lipinski definition) is 3. The number of fused-ring (bicyclic) bond motifs is 1. The molecule has 5 rings (SSSR count). The van der Waals surface area contributed by atoms with Gasteiger partial charge in [0.2, 0.25) is 0 Å². The Kier molecular flexibility index (Phi) is 4.97. The molecule has 1 aromatic carbocycles. The summed E-state index contributed by atoms with van der Waals surface area (Å²) in [5.74, 6) is 5.99. The van der Waals surface area contributed by atoms with E-state index in [2.05, 4.69) is 39.3 Å². The summed E-state index contributed by atoms with van der Waals surface area (Å²) in [6, 6.07) is 11.8. The molecule has 0 saturated carbocycles. The molecule has 148 valence electrons. The van der Waals surface area contributed by atoms with Gasteiger partial charge in [0.25, 0.3) is 0 Å². The van der Waals surface area contributed by atoms with Gasteiger partial charge in [0.05, 0.1) is 5.69 Å². The monoisotopic (exact) mass is 400 g/mol. The van der Waals surface area contributed by atoms with Gasteiger partial charge in [0.1, 0.15) is 0 Å². The first kappa shape index (κ1) is 19.1. The van der Waals surface area contributed by atoms with E-state index in [0.29, 0.717) is 12.0 Å². The quantitative estimate of drug-likeness (QED) is 0.582. The molecule has 0 fully saturated rings. The van der Waals surface area contributed by atoms with Crippen molar-refractivity contribution in [3.63, 3.8) is 0 Å². The Bertz CT molecular complexity index is 1300. The highest BCUT2D eigenvalue weighted by Crippen LogP contribution is 2.47. The van der Waals surface area contributed by atoms with E-state index in [9.17, 15) is 5.11 Å². The zero-order valence-electron chi connectivity index (χ0n) is 16.9. The molecule has 3 nitrogen and oxygen atoms in total. The number of para-hydroxylation sites is 1. The normalized spacial score (nSPS) is 20.5. The first-order valence-electron chi connectivity index (χ1n) is 10.3. The van der Waals surface area contributed by atoms with Crippen molar-refractivity contribution in [1.29, 1.82) is 0 Å². The molecule has 0 amide bonds. The highest BCUT2D eigenvalue weighted by atomic mass is 16.3. The Hall–Kier alpha value is -3.92. The van der Waals surface area contributed by atoms with E-state index in [-0.39, 0.29) is 11.8 Å². The first-order valence-corrected chi connectivity index (χ1v) is 10.3. The van der Waals surface area contributed by atoms with Gasteiger partial charge in [-0.1, -0.05) is 48.3 Å². The minimum Gasteiger partial charge on any atom is -0.372 e. The summed E-state index contributed by atoms with van der Waals surface area (Å²) in [5, 5.41) is 12.3. The van der Waals surface area contributed by atoms with E-state index >= 15 is 0 Å². The summed E-state index contributed by atoms with van der Waals surface area (Å²) in [5.41, 5.74) is 9.45. The number of rotatable bonds is 4. The molecule has 0 radical (unpaired) electrons. The second-order valence-electron chi connectivity index (χ2n) is 7.66. The molecule has 0 bridgehead atoms. The van der Waals surface area contributed by atoms with E-state index in [1.807, 2.05) is 73.0 Å². The van der Waals surface area contributed by atoms with Gasteiger partial charge in [-0.3, -0.25) is 9.98 Å². The Balaban J connectivity index is 1.70. The predicted octanol–water partition coefficient (Wildman–Crippen LogP) is 4.97. The molecule has 31 heavy (non-hydrogen) atoms. The van der Waals surface area contributed by atoms with Gasteiger partial charge in [-0.15, -0.1) is 11.5 Å². The van der Waals surface area contributed by atoms with Crippen molar-refractivity contribution in [3.05, 3.63) is 119 Å². The van der Waals surface area contributed by atoms with Crippen molar-refractivity contribution in [2.75, 3.05) is 0 Å². The highest BCUT2D eigenvalue weighted by molar-refractivity contribution is 5.71. The smallest absolute Gasteiger partial charge is 0.166 e. The number of aliphatic hydroxyl groups is 1. The average Bonchev–Trinajstić information content (AvgIpc) is 3.54.